The van der Waals surface area contributed by atoms with Crippen molar-refractivity contribution in [1.82, 2.24) is 10.2 Å². The number of amides is 1. The molecule has 0 spiro atoms. The minimum atomic E-state index is -0.561. The fourth-order valence-corrected chi connectivity index (χ4v) is 3.36. The molecule has 146 valence electrons. The van der Waals surface area contributed by atoms with Crippen LogP contribution in [0.2, 0.25) is 5.02 Å². The lowest BCUT2D eigenvalue weighted by Gasteiger charge is -2.32. The Labute approximate surface area is 170 Å². The number of hydrogen-bond donors (Lipinski definition) is 1. The normalized spacial score (nSPS) is 16.6. The third-order valence-corrected chi connectivity index (χ3v) is 4.77. The average molecular weight is 413 g/mol. The first-order chi connectivity index (χ1) is 12.6. The number of halogens is 3. The topological polar surface area (TPSA) is 41.6 Å². The molecule has 1 unspecified atom stereocenters. The van der Waals surface area contributed by atoms with Crippen LogP contribution in [0, 0.1) is 11.7 Å². The molecule has 0 aromatic heterocycles. The van der Waals surface area contributed by atoms with Gasteiger partial charge in [-0.2, -0.15) is 0 Å². The summed E-state index contributed by atoms with van der Waals surface area (Å²) in [5.41, 5.74) is 0.344. The lowest BCUT2D eigenvalue weighted by Crippen LogP contribution is -2.42. The molecule has 1 aliphatic rings. The summed E-state index contributed by atoms with van der Waals surface area (Å²) in [6.45, 7) is 2.29. The van der Waals surface area contributed by atoms with Crippen LogP contribution < -0.4 is 10.1 Å². The van der Waals surface area contributed by atoms with E-state index >= 15 is 0 Å². The van der Waals surface area contributed by atoms with Gasteiger partial charge in [0.1, 0.15) is 5.75 Å². The van der Waals surface area contributed by atoms with E-state index in [9.17, 15) is 9.18 Å². The van der Waals surface area contributed by atoms with Crippen molar-refractivity contribution in [3.63, 3.8) is 0 Å². The summed E-state index contributed by atoms with van der Waals surface area (Å²) in [6, 6.07) is 11.0. The Hall–Kier alpha value is -1.82. The molecule has 27 heavy (non-hydrogen) atoms. The molecule has 4 nitrogen and oxygen atoms in total. The zero-order valence-electron chi connectivity index (χ0n) is 15.1. The molecule has 1 N–H and O–H groups in total. The maximum atomic E-state index is 14.4. The lowest BCUT2D eigenvalue weighted by molar-refractivity contribution is 0.0673. The highest BCUT2D eigenvalue weighted by Crippen LogP contribution is 2.27. The molecule has 1 fully saturated rings. The molecule has 0 saturated carbocycles. The predicted molar refractivity (Wildman–Crippen MR) is 108 cm³/mol. The molecule has 1 saturated heterocycles. The minimum Gasteiger partial charge on any atom is -0.454 e. The van der Waals surface area contributed by atoms with Gasteiger partial charge in [-0.25, -0.2) is 4.39 Å². The molecule has 0 radical (unpaired) electrons. The second kappa shape index (κ2) is 9.93. The SMILES string of the molecule is CNCC1CCCN(C(=O)c2ccc(Oc3ccc(Cl)cc3)c(F)c2)C1.Cl. The second-order valence-electron chi connectivity index (χ2n) is 6.52. The van der Waals surface area contributed by atoms with Crippen LogP contribution in [0.1, 0.15) is 23.2 Å². The number of carbonyl (C=O) groups excluding carboxylic acids is 1. The highest BCUT2D eigenvalue weighted by atomic mass is 35.5. The van der Waals surface area contributed by atoms with E-state index in [1.807, 2.05) is 7.05 Å². The molecule has 2 aromatic rings. The van der Waals surface area contributed by atoms with Gasteiger partial charge in [0, 0.05) is 23.7 Å². The number of hydrogen-bond acceptors (Lipinski definition) is 3. The number of piperidine rings is 1. The van der Waals surface area contributed by atoms with Gasteiger partial charge < -0.3 is 15.0 Å². The zero-order chi connectivity index (χ0) is 18.5. The maximum absolute atomic E-state index is 14.4. The van der Waals surface area contributed by atoms with E-state index in [-0.39, 0.29) is 24.1 Å². The Bertz CT molecular complexity index is 769. The molecular formula is C20H23Cl2FN2O2. The van der Waals surface area contributed by atoms with Crippen LogP contribution in [0.3, 0.4) is 0 Å². The number of benzene rings is 2. The molecular weight excluding hydrogens is 390 g/mol. The van der Waals surface area contributed by atoms with Gasteiger partial charge in [-0.1, -0.05) is 11.6 Å². The third kappa shape index (κ3) is 5.58. The van der Waals surface area contributed by atoms with E-state index < -0.39 is 5.82 Å². The molecule has 1 aliphatic heterocycles. The van der Waals surface area contributed by atoms with Crippen molar-refractivity contribution in [3.8, 4) is 11.5 Å². The average Bonchev–Trinajstić information content (AvgIpc) is 2.65. The monoisotopic (exact) mass is 412 g/mol. The first-order valence-corrected chi connectivity index (χ1v) is 9.11. The van der Waals surface area contributed by atoms with Crippen LogP contribution in [0.25, 0.3) is 0 Å². The van der Waals surface area contributed by atoms with Crippen molar-refractivity contribution in [2.24, 2.45) is 5.92 Å². The van der Waals surface area contributed by atoms with E-state index in [1.54, 1.807) is 35.2 Å². The van der Waals surface area contributed by atoms with Crippen LogP contribution >= 0.6 is 24.0 Å². The Morgan fingerprint density at radius 1 is 1.30 bits per heavy atom. The number of carbonyl (C=O) groups is 1. The number of nitrogens with zero attached hydrogens (tertiary/aromatic N) is 1. The van der Waals surface area contributed by atoms with Crippen molar-refractivity contribution < 1.29 is 13.9 Å². The van der Waals surface area contributed by atoms with Crippen LogP contribution in [0.15, 0.2) is 42.5 Å². The van der Waals surface area contributed by atoms with Crippen molar-refractivity contribution in [2.75, 3.05) is 26.7 Å². The number of likely N-dealkylation sites (tertiary alicyclic amines) is 1. The highest BCUT2D eigenvalue weighted by molar-refractivity contribution is 6.30. The first kappa shape index (κ1) is 21.5. The van der Waals surface area contributed by atoms with E-state index in [2.05, 4.69) is 5.32 Å². The number of ether oxygens (including phenoxy) is 1. The van der Waals surface area contributed by atoms with E-state index in [0.717, 1.165) is 19.4 Å². The summed E-state index contributed by atoms with van der Waals surface area (Å²) in [5, 5.41) is 3.74. The maximum Gasteiger partial charge on any atom is 0.253 e. The van der Waals surface area contributed by atoms with Gasteiger partial charge in [-0.3, -0.25) is 4.79 Å². The Kier molecular flexibility index (Phi) is 7.90. The van der Waals surface area contributed by atoms with Gasteiger partial charge >= 0.3 is 0 Å². The molecule has 7 heteroatoms. The Morgan fingerprint density at radius 3 is 2.70 bits per heavy atom. The lowest BCUT2D eigenvalue weighted by atomic mass is 9.97. The van der Waals surface area contributed by atoms with Gasteiger partial charge in [0.05, 0.1) is 0 Å². The fraction of sp³-hybridized carbons (Fsp3) is 0.350. The first-order valence-electron chi connectivity index (χ1n) is 8.73. The molecule has 0 bridgehead atoms. The minimum absolute atomic E-state index is 0. The standard InChI is InChI=1S/C20H22ClFN2O2.ClH/c1-23-12-14-3-2-10-24(13-14)20(25)15-4-9-19(18(22)11-15)26-17-7-5-16(21)6-8-17;/h4-9,11,14,23H,2-3,10,12-13H2,1H3;1H. The highest BCUT2D eigenvalue weighted by Gasteiger charge is 2.24. The van der Waals surface area contributed by atoms with E-state index in [4.69, 9.17) is 16.3 Å². The summed E-state index contributed by atoms with van der Waals surface area (Å²) in [6.07, 6.45) is 2.07. The van der Waals surface area contributed by atoms with Crippen LogP contribution in [-0.4, -0.2) is 37.5 Å². The molecule has 1 amide bonds. The largest absolute Gasteiger partial charge is 0.454 e. The molecule has 1 atom stereocenters. The molecule has 1 heterocycles. The van der Waals surface area contributed by atoms with Crippen molar-refractivity contribution in [2.45, 2.75) is 12.8 Å². The Balaban J connectivity index is 0.00000261. The van der Waals surface area contributed by atoms with Gasteiger partial charge in [-0.15, -0.1) is 12.4 Å². The van der Waals surface area contributed by atoms with Gasteiger partial charge in [0.25, 0.3) is 5.91 Å². The van der Waals surface area contributed by atoms with Crippen molar-refractivity contribution in [1.29, 1.82) is 0 Å². The fourth-order valence-electron chi connectivity index (χ4n) is 3.23. The van der Waals surface area contributed by atoms with Crippen molar-refractivity contribution >= 4 is 29.9 Å². The second-order valence-corrected chi connectivity index (χ2v) is 6.95. The van der Waals surface area contributed by atoms with Crippen LogP contribution in [0.5, 0.6) is 11.5 Å². The van der Waals surface area contributed by atoms with Crippen LogP contribution in [0.4, 0.5) is 4.39 Å². The number of nitrogens with one attached hydrogen (secondary N) is 1. The predicted octanol–water partition coefficient (Wildman–Crippen LogP) is 4.76. The third-order valence-electron chi connectivity index (χ3n) is 4.52. The summed E-state index contributed by atoms with van der Waals surface area (Å²) >= 11 is 5.83. The summed E-state index contributed by atoms with van der Waals surface area (Å²) in [4.78, 5) is 14.5. The van der Waals surface area contributed by atoms with Gasteiger partial charge in [-0.05, 0) is 74.8 Å². The molecule has 0 aliphatic carbocycles. The molecule has 3 rings (SSSR count). The van der Waals surface area contributed by atoms with E-state index in [1.165, 1.54) is 12.1 Å². The molecule has 2 aromatic carbocycles. The Morgan fingerprint density at radius 2 is 2.04 bits per heavy atom. The number of rotatable bonds is 5. The quantitative estimate of drug-likeness (QED) is 0.768. The smallest absolute Gasteiger partial charge is 0.253 e. The van der Waals surface area contributed by atoms with Gasteiger partial charge in [0.2, 0.25) is 0 Å². The van der Waals surface area contributed by atoms with E-state index in [0.29, 0.717) is 35.3 Å². The van der Waals surface area contributed by atoms with Crippen LogP contribution in [-0.2, 0) is 0 Å². The van der Waals surface area contributed by atoms with Crippen molar-refractivity contribution in [3.05, 3.63) is 58.9 Å². The summed E-state index contributed by atoms with van der Waals surface area (Å²) in [5.74, 6) is 0.307. The summed E-state index contributed by atoms with van der Waals surface area (Å²) < 4.78 is 19.9. The zero-order valence-corrected chi connectivity index (χ0v) is 16.7. The summed E-state index contributed by atoms with van der Waals surface area (Å²) in [7, 11) is 1.91. The van der Waals surface area contributed by atoms with Gasteiger partial charge in [0.15, 0.2) is 11.6 Å².